The van der Waals surface area contributed by atoms with E-state index < -0.39 is 0 Å². The van der Waals surface area contributed by atoms with Crippen LogP contribution in [0.1, 0.15) is 29.4 Å². The molecule has 3 aromatic heterocycles. The van der Waals surface area contributed by atoms with Gasteiger partial charge in [0, 0.05) is 49.5 Å². The van der Waals surface area contributed by atoms with Gasteiger partial charge < -0.3 is 15.0 Å². The zero-order valence-electron chi connectivity index (χ0n) is 16.9. The highest BCUT2D eigenvalue weighted by Gasteiger charge is 2.40. The zero-order valence-corrected chi connectivity index (χ0v) is 16.9. The minimum atomic E-state index is -0.323. The van der Waals surface area contributed by atoms with Gasteiger partial charge in [-0.3, -0.25) is 14.7 Å². The standard InChI is InChI=1S/C21H24FN7O/c1-28-12-14(10-26-28)9-25-20-8-21(27-19(5-6-23)29(20)2)30-13-15-7-17(15)18-4-3-16(22)11-24-18/h3-6,8,10-12,15,17H,7,9,13,23H2,1-2H3/t15-,17+/m1/s1. The molecule has 30 heavy (non-hydrogen) atoms. The number of pyridine rings is 1. The maximum atomic E-state index is 13.1. The minimum Gasteiger partial charge on any atom is -0.477 e. The molecule has 0 aliphatic heterocycles. The van der Waals surface area contributed by atoms with Crippen molar-refractivity contribution in [1.29, 1.82) is 0 Å². The van der Waals surface area contributed by atoms with Gasteiger partial charge in [0.1, 0.15) is 17.1 Å². The van der Waals surface area contributed by atoms with Crippen molar-refractivity contribution in [3.63, 3.8) is 0 Å². The number of ether oxygens (including phenoxy) is 1. The molecule has 0 saturated heterocycles. The van der Waals surface area contributed by atoms with Crippen molar-refractivity contribution in [2.45, 2.75) is 18.9 Å². The van der Waals surface area contributed by atoms with E-state index in [-0.39, 0.29) is 5.82 Å². The van der Waals surface area contributed by atoms with Gasteiger partial charge in [-0.15, -0.1) is 0 Å². The second kappa shape index (κ2) is 8.48. The van der Waals surface area contributed by atoms with Gasteiger partial charge in [0.25, 0.3) is 0 Å². The van der Waals surface area contributed by atoms with Gasteiger partial charge in [-0.25, -0.2) is 4.39 Å². The summed E-state index contributed by atoms with van der Waals surface area (Å²) in [5.74, 6) is 1.44. The van der Waals surface area contributed by atoms with E-state index in [9.17, 15) is 4.39 Å². The van der Waals surface area contributed by atoms with Crippen LogP contribution >= 0.6 is 0 Å². The quantitative estimate of drug-likeness (QED) is 0.643. The highest BCUT2D eigenvalue weighted by Crippen LogP contribution is 2.46. The second-order valence-electron chi connectivity index (χ2n) is 7.38. The van der Waals surface area contributed by atoms with Crippen molar-refractivity contribution in [3.05, 3.63) is 71.4 Å². The van der Waals surface area contributed by atoms with Gasteiger partial charge in [-0.2, -0.15) is 10.1 Å². The van der Waals surface area contributed by atoms with Crippen LogP contribution in [0.5, 0.6) is 5.88 Å². The lowest BCUT2D eigenvalue weighted by Gasteiger charge is -2.10. The molecule has 9 heteroatoms. The van der Waals surface area contributed by atoms with E-state index in [2.05, 4.69) is 20.1 Å². The van der Waals surface area contributed by atoms with Crippen molar-refractivity contribution in [2.24, 2.45) is 30.7 Å². The number of nitrogens with zero attached hydrogens (tertiary/aromatic N) is 6. The van der Waals surface area contributed by atoms with Crippen LogP contribution in [0.15, 0.2) is 48.0 Å². The normalized spacial score (nSPS) is 18.8. The molecular formula is C21H24FN7O. The van der Waals surface area contributed by atoms with Crippen molar-refractivity contribution in [1.82, 2.24) is 24.3 Å². The fraction of sp³-hybridized carbons (Fsp3) is 0.333. The maximum absolute atomic E-state index is 13.1. The van der Waals surface area contributed by atoms with Crippen LogP contribution in [0.25, 0.3) is 6.08 Å². The van der Waals surface area contributed by atoms with Gasteiger partial charge in [0.15, 0.2) is 0 Å². The molecule has 3 aromatic rings. The zero-order chi connectivity index (χ0) is 21.1. The van der Waals surface area contributed by atoms with Gasteiger partial charge >= 0.3 is 0 Å². The highest BCUT2D eigenvalue weighted by atomic mass is 19.1. The van der Waals surface area contributed by atoms with Crippen LogP contribution < -0.4 is 16.0 Å². The van der Waals surface area contributed by atoms with Crippen LogP contribution in [0.3, 0.4) is 0 Å². The smallest absolute Gasteiger partial charge is 0.218 e. The van der Waals surface area contributed by atoms with Gasteiger partial charge in [0.2, 0.25) is 5.88 Å². The van der Waals surface area contributed by atoms with Gasteiger partial charge in [0.05, 0.1) is 25.5 Å². The summed E-state index contributed by atoms with van der Waals surface area (Å²) in [6.45, 7) is 1.01. The first-order chi connectivity index (χ1) is 14.5. The molecule has 0 aromatic carbocycles. The Bertz CT molecular complexity index is 1120. The third-order valence-electron chi connectivity index (χ3n) is 5.09. The van der Waals surface area contributed by atoms with Crippen molar-refractivity contribution >= 4 is 6.08 Å². The largest absolute Gasteiger partial charge is 0.477 e. The number of hydrogen-bond donors (Lipinski definition) is 1. The first kappa shape index (κ1) is 19.8. The van der Waals surface area contributed by atoms with Crippen molar-refractivity contribution in [3.8, 4) is 5.88 Å². The van der Waals surface area contributed by atoms with Crippen molar-refractivity contribution in [2.75, 3.05) is 6.61 Å². The third kappa shape index (κ3) is 4.56. The summed E-state index contributed by atoms with van der Waals surface area (Å²) < 4.78 is 22.6. The summed E-state index contributed by atoms with van der Waals surface area (Å²) in [5, 5.41) is 4.17. The number of rotatable bonds is 7. The third-order valence-corrected chi connectivity index (χ3v) is 5.09. The molecule has 8 nitrogen and oxygen atoms in total. The van der Waals surface area contributed by atoms with Crippen LogP contribution in [0.4, 0.5) is 4.39 Å². The molecule has 0 unspecified atom stereocenters. The molecule has 2 N–H and O–H groups in total. The van der Waals surface area contributed by atoms with E-state index >= 15 is 0 Å². The molecule has 1 fully saturated rings. The van der Waals surface area contributed by atoms with E-state index in [4.69, 9.17) is 10.5 Å². The molecule has 2 atom stereocenters. The molecule has 3 heterocycles. The van der Waals surface area contributed by atoms with Crippen molar-refractivity contribution < 1.29 is 9.13 Å². The molecular weight excluding hydrogens is 385 g/mol. The average Bonchev–Trinajstić information content (AvgIpc) is 3.39. The highest BCUT2D eigenvalue weighted by molar-refractivity contribution is 5.40. The molecule has 0 spiro atoms. The summed E-state index contributed by atoms with van der Waals surface area (Å²) in [6, 6.07) is 5.00. The van der Waals surface area contributed by atoms with Gasteiger partial charge in [-0.1, -0.05) is 0 Å². The number of hydrogen-bond acceptors (Lipinski definition) is 6. The summed E-state index contributed by atoms with van der Waals surface area (Å²) in [7, 11) is 3.75. The number of aromatic nitrogens is 5. The molecule has 1 aliphatic rings. The Morgan fingerprint density at radius 3 is 2.90 bits per heavy atom. The summed E-state index contributed by atoms with van der Waals surface area (Å²) >= 11 is 0. The van der Waals surface area contributed by atoms with E-state index in [1.165, 1.54) is 18.5 Å². The first-order valence-corrected chi connectivity index (χ1v) is 9.72. The molecule has 4 rings (SSSR count). The predicted molar refractivity (Wildman–Crippen MR) is 109 cm³/mol. The Balaban J connectivity index is 1.48. The minimum absolute atomic E-state index is 0.295. The first-order valence-electron chi connectivity index (χ1n) is 9.72. The summed E-state index contributed by atoms with van der Waals surface area (Å²) in [6.07, 6.45) is 9.09. The molecule has 0 bridgehead atoms. The van der Waals surface area contributed by atoms with Crippen LogP contribution in [-0.2, 0) is 20.6 Å². The number of aryl methyl sites for hydroxylation is 1. The topological polar surface area (TPSA) is 96.1 Å². The Kier molecular flexibility index (Phi) is 5.60. The average molecular weight is 409 g/mol. The van der Waals surface area contributed by atoms with E-state index in [1.54, 1.807) is 23.0 Å². The van der Waals surface area contributed by atoms with Crippen LogP contribution in [0.2, 0.25) is 0 Å². The van der Waals surface area contributed by atoms with E-state index in [1.807, 2.05) is 30.9 Å². The molecule has 0 radical (unpaired) electrons. The van der Waals surface area contributed by atoms with Crippen LogP contribution in [0, 0.1) is 11.7 Å². The monoisotopic (exact) mass is 409 g/mol. The molecule has 1 aliphatic carbocycles. The fourth-order valence-corrected chi connectivity index (χ4v) is 3.32. The lowest BCUT2D eigenvalue weighted by molar-refractivity contribution is 0.283. The Labute approximate surface area is 173 Å². The molecule has 1 saturated carbocycles. The summed E-state index contributed by atoms with van der Waals surface area (Å²) in [4.78, 5) is 13.4. The Morgan fingerprint density at radius 2 is 2.20 bits per heavy atom. The predicted octanol–water partition coefficient (Wildman–Crippen LogP) is 1.90. The molecule has 0 amide bonds. The van der Waals surface area contributed by atoms with Crippen LogP contribution in [-0.4, -0.2) is 30.9 Å². The van der Waals surface area contributed by atoms with E-state index in [0.29, 0.717) is 36.7 Å². The fourth-order valence-electron chi connectivity index (χ4n) is 3.32. The lowest BCUT2D eigenvalue weighted by atomic mass is 10.2. The molecule has 156 valence electrons. The summed E-state index contributed by atoms with van der Waals surface area (Å²) in [5.41, 5.74) is 8.21. The SMILES string of the molecule is Cn1cc(CN=c2cc(OC[C@H]3C[C@@H]3c3ccc(F)cn3)nc(C=CN)n2C)cn1. The lowest BCUT2D eigenvalue weighted by Crippen LogP contribution is -2.22. The van der Waals surface area contributed by atoms with Gasteiger partial charge in [-0.05, 0) is 30.8 Å². The second-order valence-corrected chi connectivity index (χ2v) is 7.38. The Morgan fingerprint density at radius 1 is 1.33 bits per heavy atom. The maximum Gasteiger partial charge on any atom is 0.218 e. The number of nitrogens with two attached hydrogens (primary N) is 1. The number of halogens is 1. The van der Waals surface area contributed by atoms with E-state index in [0.717, 1.165) is 23.2 Å². The Hall–Kier alpha value is -3.49.